The lowest BCUT2D eigenvalue weighted by Crippen LogP contribution is -2.41. The fourth-order valence-corrected chi connectivity index (χ4v) is 2.74. The van der Waals surface area contributed by atoms with Gasteiger partial charge in [-0.2, -0.15) is 0 Å². The zero-order valence-electron chi connectivity index (χ0n) is 12.9. The standard InChI is InChI=1S/C17H26N2O2/c1-14(17(20)19-11-4-2-3-5-12-19)21-16-8-6-7-15(13-16)9-10-18/h6-8,13-14H,2-5,9-12,18H2,1H3. The number of likely N-dealkylation sites (tertiary alicyclic amines) is 1. The van der Waals surface area contributed by atoms with Crippen LogP contribution in [0.15, 0.2) is 24.3 Å². The second-order valence-corrected chi connectivity index (χ2v) is 5.69. The predicted octanol–water partition coefficient (Wildman–Crippen LogP) is 2.36. The molecule has 0 aliphatic carbocycles. The molecule has 1 unspecified atom stereocenters. The SMILES string of the molecule is CC(Oc1cccc(CCN)c1)C(=O)N1CCCCCC1. The predicted molar refractivity (Wildman–Crippen MR) is 84.3 cm³/mol. The minimum absolute atomic E-state index is 0.0983. The molecule has 1 aromatic rings. The summed E-state index contributed by atoms with van der Waals surface area (Å²) in [5.74, 6) is 0.845. The first-order chi connectivity index (χ1) is 10.2. The van der Waals surface area contributed by atoms with Gasteiger partial charge in [0.2, 0.25) is 0 Å². The third kappa shape index (κ3) is 4.74. The Morgan fingerprint density at radius 2 is 2.00 bits per heavy atom. The van der Waals surface area contributed by atoms with E-state index >= 15 is 0 Å². The van der Waals surface area contributed by atoms with Gasteiger partial charge in [-0.3, -0.25) is 4.79 Å². The summed E-state index contributed by atoms with van der Waals surface area (Å²) in [4.78, 5) is 14.4. The van der Waals surface area contributed by atoms with Gasteiger partial charge in [-0.25, -0.2) is 0 Å². The van der Waals surface area contributed by atoms with Crippen molar-refractivity contribution in [2.24, 2.45) is 5.73 Å². The minimum Gasteiger partial charge on any atom is -0.481 e. The molecule has 1 aliphatic rings. The third-order valence-electron chi connectivity index (χ3n) is 3.91. The normalized spacial score (nSPS) is 17.1. The van der Waals surface area contributed by atoms with E-state index in [1.54, 1.807) is 0 Å². The summed E-state index contributed by atoms with van der Waals surface area (Å²) in [7, 11) is 0. The Labute approximate surface area is 127 Å². The first-order valence-corrected chi connectivity index (χ1v) is 7.95. The maximum atomic E-state index is 12.4. The summed E-state index contributed by atoms with van der Waals surface area (Å²) in [5, 5.41) is 0. The molecular formula is C17H26N2O2. The first-order valence-electron chi connectivity index (χ1n) is 7.95. The van der Waals surface area contributed by atoms with Crippen LogP contribution >= 0.6 is 0 Å². The van der Waals surface area contributed by atoms with Crippen LogP contribution in [0, 0.1) is 0 Å². The van der Waals surface area contributed by atoms with Crippen LogP contribution in [0.4, 0.5) is 0 Å². The average molecular weight is 290 g/mol. The number of hydrogen-bond acceptors (Lipinski definition) is 3. The molecule has 0 aromatic heterocycles. The molecular weight excluding hydrogens is 264 g/mol. The summed E-state index contributed by atoms with van der Waals surface area (Å²) in [6, 6.07) is 7.84. The number of carbonyl (C=O) groups excluding carboxylic acids is 1. The first kappa shape index (κ1) is 15.8. The Morgan fingerprint density at radius 1 is 1.29 bits per heavy atom. The van der Waals surface area contributed by atoms with E-state index in [0.29, 0.717) is 6.54 Å². The van der Waals surface area contributed by atoms with Crippen LogP contribution in [0.2, 0.25) is 0 Å². The molecule has 1 amide bonds. The molecule has 0 spiro atoms. The van der Waals surface area contributed by atoms with E-state index in [9.17, 15) is 4.79 Å². The number of carbonyl (C=O) groups is 1. The molecule has 1 saturated heterocycles. The van der Waals surface area contributed by atoms with Crippen molar-refractivity contribution in [3.63, 3.8) is 0 Å². The lowest BCUT2D eigenvalue weighted by molar-refractivity contribution is -0.137. The molecule has 1 atom stereocenters. The van der Waals surface area contributed by atoms with E-state index in [-0.39, 0.29) is 5.91 Å². The topological polar surface area (TPSA) is 55.6 Å². The van der Waals surface area contributed by atoms with Crippen molar-refractivity contribution in [2.45, 2.75) is 45.1 Å². The molecule has 116 valence electrons. The summed E-state index contributed by atoms with van der Waals surface area (Å²) >= 11 is 0. The molecule has 1 heterocycles. The van der Waals surface area contributed by atoms with Crippen molar-refractivity contribution >= 4 is 5.91 Å². The van der Waals surface area contributed by atoms with Crippen molar-refractivity contribution < 1.29 is 9.53 Å². The molecule has 1 aromatic carbocycles. The van der Waals surface area contributed by atoms with Gasteiger partial charge >= 0.3 is 0 Å². The number of benzene rings is 1. The molecule has 4 heteroatoms. The van der Waals surface area contributed by atoms with Crippen LogP contribution in [0.5, 0.6) is 5.75 Å². The summed E-state index contributed by atoms with van der Waals surface area (Å²) in [5.41, 5.74) is 6.71. The molecule has 2 rings (SSSR count). The van der Waals surface area contributed by atoms with Crippen molar-refractivity contribution in [3.05, 3.63) is 29.8 Å². The maximum absolute atomic E-state index is 12.4. The highest BCUT2D eigenvalue weighted by atomic mass is 16.5. The van der Waals surface area contributed by atoms with Crippen LogP contribution in [0.3, 0.4) is 0 Å². The Balaban J connectivity index is 1.94. The molecule has 1 aliphatic heterocycles. The van der Waals surface area contributed by atoms with Crippen molar-refractivity contribution in [1.82, 2.24) is 4.90 Å². The second-order valence-electron chi connectivity index (χ2n) is 5.69. The summed E-state index contributed by atoms with van der Waals surface area (Å²) in [6.07, 6.45) is 5.04. The van der Waals surface area contributed by atoms with Crippen molar-refractivity contribution in [3.8, 4) is 5.75 Å². The molecule has 1 fully saturated rings. The van der Waals surface area contributed by atoms with Gasteiger partial charge in [0.25, 0.3) is 5.91 Å². The smallest absolute Gasteiger partial charge is 0.263 e. The highest BCUT2D eigenvalue weighted by Gasteiger charge is 2.22. The van der Waals surface area contributed by atoms with E-state index in [2.05, 4.69) is 0 Å². The van der Waals surface area contributed by atoms with Crippen molar-refractivity contribution in [2.75, 3.05) is 19.6 Å². The minimum atomic E-state index is -0.434. The zero-order chi connectivity index (χ0) is 15.1. The third-order valence-corrected chi connectivity index (χ3v) is 3.91. The lowest BCUT2D eigenvalue weighted by Gasteiger charge is -2.24. The van der Waals surface area contributed by atoms with Gasteiger partial charge in [-0.05, 0) is 50.4 Å². The number of nitrogens with zero attached hydrogens (tertiary/aromatic N) is 1. The van der Waals surface area contributed by atoms with Gasteiger partial charge in [-0.15, -0.1) is 0 Å². The Morgan fingerprint density at radius 3 is 2.67 bits per heavy atom. The summed E-state index contributed by atoms with van der Waals surface area (Å²) < 4.78 is 5.83. The Hall–Kier alpha value is -1.55. The quantitative estimate of drug-likeness (QED) is 0.905. The molecule has 0 saturated carbocycles. The fraction of sp³-hybridized carbons (Fsp3) is 0.588. The maximum Gasteiger partial charge on any atom is 0.263 e. The van der Waals surface area contributed by atoms with Crippen LogP contribution in [-0.2, 0) is 11.2 Å². The molecule has 0 radical (unpaired) electrons. The molecule has 2 N–H and O–H groups in total. The second kappa shape index (κ2) is 8.03. The fourth-order valence-electron chi connectivity index (χ4n) is 2.74. The lowest BCUT2D eigenvalue weighted by atomic mass is 10.1. The van der Waals surface area contributed by atoms with Crippen LogP contribution in [0.1, 0.15) is 38.2 Å². The van der Waals surface area contributed by atoms with E-state index < -0.39 is 6.10 Å². The highest BCUT2D eigenvalue weighted by molar-refractivity contribution is 5.80. The Kier molecular flexibility index (Phi) is 6.05. The monoisotopic (exact) mass is 290 g/mol. The van der Waals surface area contributed by atoms with Gasteiger partial charge in [0.05, 0.1) is 0 Å². The van der Waals surface area contributed by atoms with E-state index in [1.807, 2.05) is 36.1 Å². The molecule has 0 bridgehead atoms. The van der Waals surface area contributed by atoms with Gasteiger partial charge in [-0.1, -0.05) is 25.0 Å². The highest BCUT2D eigenvalue weighted by Crippen LogP contribution is 2.17. The number of hydrogen-bond donors (Lipinski definition) is 1. The number of nitrogens with two attached hydrogens (primary N) is 1. The van der Waals surface area contributed by atoms with Gasteiger partial charge in [0.15, 0.2) is 6.10 Å². The Bertz CT molecular complexity index is 454. The van der Waals surface area contributed by atoms with E-state index in [1.165, 1.54) is 12.8 Å². The number of rotatable bonds is 5. The average Bonchev–Trinajstić information content (AvgIpc) is 2.76. The van der Waals surface area contributed by atoms with E-state index in [4.69, 9.17) is 10.5 Å². The van der Waals surface area contributed by atoms with Crippen molar-refractivity contribution in [1.29, 1.82) is 0 Å². The van der Waals surface area contributed by atoms with Crippen LogP contribution < -0.4 is 10.5 Å². The van der Waals surface area contributed by atoms with Crippen LogP contribution in [0.25, 0.3) is 0 Å². The largest absolute Gasteiger partial charge is 0.481 e. The van der Waals surface area contributed by atoms with Gasteiger partial charge in [0.1, 0.15) is 5.75 Å². The van der Waals surface area contributed by atoms with Crippen LogP contribution in [-0.4, -0.2) is 36.5 Å². The zero-order valence-corrected chi connectivity index (χ0v) is 12.9. The van der Waals surface area contributed by atoms with E-state index in [0.717, 1.165) is 43.7 Å². The number of amides is 1. The summed E-state index contributed by atoms with van der Waals surface area (Å²) in [6.45, 7) is 4.17. The van der Waals surface area contributed by atoms with Gasteiger partial charge < -0.3 is 15.4 Å². The molecule has 4 nitrogen and oxygen atoms in total. The molecule has 21 heavy (non-hydrogen) atoms. The number of ether oxygens (including phenoxy) is 1. The van der Waals surface area contributed by atoms with Gasteiger partial charge in [0, 0.05) is 13.1 Å².